The van der Waals surface area contributed by atoms with Gasteiger partial charge in [-0.15, -0.1) is 15.0 Å². The van der Waals surface area contributed by atoms with Gasteiger partial charge in [-0.3, -0.25) is 9.78 Å². The lowest BCUT2D eigenvalue weighted by Gasteiger charge is -2.03. The molecule has 0 aliphatic carbocycles. The lowest BCUT2D eigenvalue weighted by molar-refractivity contribution is -0.121. The van der Waals surface area contributed by atoms with E-state index < -0.39 is 0 Å². The van der Waals surface area contributed by atoms with Crippen molar-refractivity contribution in [3.05, 3.63) is 60.4 Å². The van der Waals surface area contributed by atoms with E-state index in [1.165, 1.54) is 4.80 Å². The second kappa shape index (κ2) is 6.57. The minimum Gasteiger partial charge on any atom is -0.335 e. The zero-order chi connectivity index (χ0) is 15.2. The number of rotatable bonds is 5. The lowest BCUT2D eigenvalue weighted by Crippen LogP contribution is -2.28. The summed E-state index contributed by atoms with van der Waals surface area (Å²) in [6.45, 7) is 0.179. The summed E-state index contributed by atoms with van der Waals surface area (Å²) in [6.07, 6.45) is 3.66. The Labute approximate surface area is 127 Å². The zero-order valence-corrected chi connectivity index (χ0v) is 11.8. The van der Waals surface area contributed by atoms with Gasteiger partial charge < -0.3 is 5.32 Å². The third-order valence-corrected chi connectivity index (χ3v) is 3.00. The molecule has 2 heterocycles. The Kier molecular flexibility index (Phi) is 4.15. The first-order chi connectivity index (χ1) is 10.8. The highest BCUT2D eigenvalue weighted by Crippen LogP contribution is 2.09. The maximum absolute atomic E-state index is 11.9. The molecule has 0 aliphatic rings. The largest absolute Gasteiger partial charge is 0.335 e. The van der Waals surface area contributed by atoms with E-state index in [0.29, 0.717) is 12.2 Å². The molecule has 7 heteroatoms. The molecule has 22 heavy (non-hydrogen) atoms. The predicted molar refractivity (Wildman–Crippen MR) is 79.3 cm³/mol. The number of nitrogens with zero attached hydrogens (tertiary/aromatic N) is 5. The van der Waals surface area contributed by atoms with E-state index in [0.717, 1.165) is 11.1 Å². The molecule has 0 bridgehead atoms. The van der Waals surface area contributed by atoms with Crippen LogP contribution in [0.2, 0.25) is 0 Å². The molecule has 0 radical (unpaired) electrons. The molecule has 0 spiro atoms. The fourth-order valence-corrected chi connectivity index (χ4v) is 1.92. The first kappa shape index (κ1) is 13.9. The van der Waals surface area contributed by atoms with Gasteiger partial charge >= 0.3 is 0 Å². The number of pyridine rings is 1. The van der Waals surface area contributed by atoms with Crippen molar-refractivity contribution in [1.82, 2.24) is 30.5 Å². The first-order valence-electron chi connectivity index (χ1n) is 6.80. The molecule has 0 saturated heterocycles. The Morgan fingerprint density at radius 1 is 1.14 bits per heavy atom. The fourth-order valence-electron chi connectivity index (χ4n) is 1.92. The number of aromatic nitrogens is 5. The Morgan fingerprint density at radius 2 is 2.00 bits per heavy atom. The van der Waals surface area contributed by atoms with Crippen molar-refractivity contribution >= 4 is 5.91 Å². The summed E-state index contributed by atoms with van der Waals surface area (Å²) in [4.78, 5) is 17.2. The molecule has 0 saturated carbocycles. The molecule has 3 rings (SSSR count). The average Bonchev–Trinajstić information content (AvgIpc) is 3.04. The van der Waals surface area contributed by atoms with Gasteiger partial charge in [0.25, 0.3) is 0 Å². The van der Waals surface area contributed by atoms with Crippen LogP contribution in [0.5, 0.6) is 0 Å². The highest BCUT2D eigenvalue weighted by Gasteiger charge is 2.07. The number of hydrogen-bond donors (Lipinski definition) is 1. The van der Waals surface area contributed by atoms with Gasteiger partial charge in [0.15, 0.2) is 0 Å². The molecule has 1 amide bonds. The lowest BCUT2D eigenvalue weighted by atomic mass is 10.1. The van der Waals surface area contributed by atoms with Crippen molar-refractivity contribution in [3.8, 4) is 11.4 Å². The van der Waals surface area contributed by atoms with Crippen LogP contribution in [0.15, 0.2) is 54.9 Å². The van der Waals surface area contributed by atoms with Crippen LogP contribution in [0, 0.1) is 0 Å². The molecule has 2 aromatic heterocycles. The molecular weight excluding hydrogens is 280 g/mol. The van der Waals surface area contributed by atoms with Gasteiger partial charge in [-0.05, 0) is 22.9 Å². The molecule has 1 aromatic carbocycles. The van der Waals surface area contributed by atoms with Gasteiger partial charge in [0.1, 0.15) is 6.67 Å². The second-order valence-corrected chi connectivity index (χ2v) is 4.65. The van der Waals surface area contributed by atoms with E-state index in [9.17, 15) is 4.79 Å². The maximum Gasteiger partial charge on any atom is 0.225 e. The highest BCUT2D eigenvalue weighted by atomic mass is 16.1. The zero-order valence-electron chi connectivity index (χ0n) is 11.8. The molecule has 0 aliphatic heterocycles. The SMILES string of the molecule is O=C(Cc1ccccc1)NCn1nnc(-c2cccnc2)n1. The number of amides is 1. The number of carbonyl (C=O) groups is 1. The maximum atomic E-state index is 11.9. The summed E-state index contributed by atoms with van der Waals surface area (Å²) in [7, 11) is 0. The van der Waals surface area contributed by atoms with Crippen molar-refractivity contribution in [3.63, 3.8) is 0 Å². The van der Waals surface area contributed by atoms with Crippen LogP contribution in [0.1, 0.15) is 5.56 Å². The Bertz CT molecular complexity index is 741. The van der Waals surface area contributed by atoms with Crippen LogP contribution in [-0.2, 0) is 17.9 Å². The number of benzene rings is 1. The Balaban J connectivity index is 1.56. The van der Waals surface area contributed by atoms with Gasteiger partial charge in [-0.2, -0.15) is 0 Å². The van der Waals surface area contributed by atoms with Gasteiger partial charge in [0.2, 0.25) is 11.7 Å². The van der Waals surface area contributed by atoms with Gasteiger partial charge in [0, 0.05) is 18.0 Å². The minimum absolute atomic E-state index is 0.0913. The average molecular weight is 294 g/mol. The third-order valence-electron chi connectivity index (χ3n) is 3.00. The molecule has 110 valence electrons. The van der Waals surface area contributed by atoms with Gasteiger partial charge in [-0.25, -0.2) is 0 Å². The van der Waals surface area contributed by atoms with E-state index in [-0.39, 0.29) is 12.6 Å². The van der Waals surface area contributed by atoms with Crippen LogP contribution in [0.25, 0.3) is 11.4 Å². The minimum atomic E-state index is -0.0913. The van der Waals surface area contributed by atoms with Crippen LogP contribution in [0.3, 0.4) is 0 Å². The quantitative estimate of drug-likeness (QED) is 0.760. The van der Waals surface area contributed by atoms with Crippen LogP contribution < -0.4 is 5.32 Å². The van der Waals surface area contributed by atoms with Crippen molar-refractivity contribution in [1.29, 1.82) is 0 Å². The molecule has 3 aromatic rings. The number of hydrogen-bond acceptors (Lipinski definition) is 5. The molecule has 0 atom stereocenters. The van der Waals surface area contributed by atoms with Crippen molar-refractivity contribution in [2.75, 3.05) is 0 Å². The van der Waals surface area contributed by atoms with Crippen LogP contribution >= 0.6 is 0 Å². The molecule has 0 fully saturated rings. The predicted octanol–water partition coefficient (Wildman–Crippen LogP) is 1.05. The van der Waals surface area contributed by atoms with E-state index >= 15 is 0 Å². The number of carbonyl (C=O) groups excluding carboxylic acids is 1. The van der Waals surface area contributed by atoms with E-state index in [1.54, 1.807) is 18.5 Å². The highest BCUT2D eigenvalue weighted by molar-refractivity contribution is 5.78. The number of tetrazole rings is 1. The molecular formula is C15H14N6O. The number of nitrogens with one attached hydrogen (secondary N) is 1. The Hall–Kier alpha value is -3.09. The monoisotopic (exact) mass is 294 g/mol. The first-order valence-corrected chi connectivity index (χ1v) is 6.80. The summed E-state index contributed by atoms with van der Waals surface area (Å²) in [6, 6.07) is 13.2. The smallest absolute Gasteiger partial charge is 0.225 e. The topological polar surface area (TPSA) is 85.6 Å². The normalized spacial score (nSPS) is 10.4. The van der Waals surface area contributed by atoms with Crippen molar-refractivity contribution in [2.45, 2.75) is 13.1 Å². The summed E-state index contributed by atoms with van der Waals surface area (Å²) >= 11 is 0. The summed E-state index contributed by atoms with van der Waals surface area (Å²) in [5.74, 6) is 0.386. The van der Waals surface area contributed by atoms with Crippen molar-refractivity contribution in [2.24, 2.45) is 0 Å². The van der Waals surface area contributed by atoms with Gasteiger partial charge in [-0.1, -0.05) is 30.3 Å². The summed E-state index contributed by atoms with van der Waals surface area (Å²) in [5, 5.41) is 14.8. The molecule has 1 N–H and O–H groups in total. The Morgan fingerprint density at radius 3 is 2.77 bits per heavy atom. The van der Waals surface area contributed by atoms with Crippen LogP contribution in [-0.4, -0.2) is 31.1 Å². The fraction of sp³-hybridized carbons (Fsp3) is 0.133. The second-order valence-electron chi connectivity index (χ2n) is 4.65. The van der Waals surface area contributed by atoms with Crippen LogP contribution in [0.4, 0.5) is 0 Å². The van der Waals surface area contributed by atoms with E-state index in [4.69, 9.17) is 0 Å². The van der Waals surface area contributed by atoms with E-state index in [2.05, 4.69) is 25.7 Å². The third kappa shape index (κ3) is 3.51. The molecule has 0 unspecified atom stereocenters. The molecule has 7 nitrogen and oxygen atoms in total. The standard InChI is InChI=1S/C15H14N6O/c22-14(9-12-5-2-1-3-6-12)17-11-21-19-15(18-20-21)13-7-4-8-16-10-13/h1-8,10H,9,11H2,(H,17,22). The van der Waals surface area contributed by atoms with E-state index in [1.807, 2.05) is 36.4 Å². The van der Waals surface area contributed by atoms with Gasteiger partial charge in [0.05, 0.1) is 6.42 Å². The van der Waals surface area contributed by atoms with Crippen molar-refractivity contribution < 1.29 is 4.79 Å². The summed E-state index contributed by atoms with van der Waals surface area (Å²) in [5.41, 5.74) is 1.74. The summed E-state index contributed by atoms with van der Waals surface area (Å²) < 4.78 is 0.